The fraction of sp³-hybridized carbons (Fsp3) is 0.500. The summed E-state index contributed by atoms with van der Waals surface area (Å²) in [7, 11) is 0. The molecule has 1 spiro atoms. The van der Waals surface area contributed by atoms with E-state index in [0.717, 1.165) is 5.57 Å². The number of aromatic hydroxyl groups is 1. The first-order chi connectivity index (χ1) is 21.9. The number of benzene rings is 1. The molecule has 3 N–H and O–H groups in total. The number of Topliss-reactive ketones (excluding diaryl/α,β-unsaturated/α-hetero) is 2. The lowest BCUT2D eigenvalue weighted by molar-refractivity contribution is -0.171. The Balaban J connectivity index is 1.57. The van der Waals surface area contributed by atoms with Crippen molar-refractivity contribution in [3.05, 3.63) is 69.9 Å². The minimum Gasteiger partial charge on any atom is -0.506 e. The molecule has 1 unspecified atom stereocenters. The normalized spacial score (nSPS) is 31.6. The van der Waals surface area contributed by atoms with Crippen molar-refractivity contribution in [2.45, 2.75) is 109 Å². The molecule has 250 valence electrons. The zero-order valence-electron chi connectivity index (χ0n) is 28.2. The molecule has 2 fully saturated rings. The lowest BCUT2D eigenvalue weighted by Crippen LogP contribution is -2.72. The van der Waals surface area contributed by atoms with E-state index >= 15 is 0 Å². The average molecular weight is 645 g/mol. The summed E-state index contributed by atoms with van der Waals surface area (Å²) < 4.78 is 20.5. The monoisotopic (exact) mass is 644 g/mol. The molecule has 1 aromatic rings. The van der Waals surface area contributed by atoms with Gasteiger partial charge < -0.3 is 29.5 Å². The maximum Gasteiger partial charge on any atom is 0.330 e. The van der Waals surface area contributed by atoms with Crippen LogP contribution in [-0.2, 0) is 20.7 Å². The van der Waals surface area contributed by atoms with Gasteiger partial charge in [-0.05, 0) is 86.3 Å². The number of aliphatic hydroxyl groups is 1. The Hall–Kier alpha value is -3.95. The number of phenols is 1. The molecule has 0 amide bonds. The number of fused-ring (bicyclic) bond motifs is 2. The second-order valence-corrected chi connectivity index (χ2v) is 14.8. The number of carbonyl (C=O) groups is 3. The largest absolute Gasteiger partial charge is 0.506 e. The Morgan fingerprint density at radius 3 is 2.45 bits per heavy atom. The highest BCUT2D eigenvalue weighted by Crippen LogP contribution is 2.68. The lowest BCUT2D eigenvalue weighted by Gasteiger charge is -2.56. The van der Waals surface area contributed by atoms with E-state index in [1.807, 2.05) is 46.8 Å². The summed E-state index contributed by atoms with van der Waals surface area (Å²) in [6.07, 6.45) is 9.49. The number of ketones is 2. The summed E-state index contributed by atoms with van der Waals surface area (Å²) >= 11 is 0. The van der Waals surface area contributed by atoms with Gasteiger partial charge in [0.05, 0.1) is 17.3 Å². The molecule has 9 heteroatoms. The van der Waals surface area contributed by atoms with Crippen molar-refractivity contribution >= 4 is 23.6 Å². The first-order valence-electron chi connectivity index (χ1n) is 16.3. The van der Waals surface area contributed by atoms with E-state index in [0.29, 0.717) is 48.1 Å². The van der Waals surface area contributed by atoms with Crippen LogP contribution < -0.4 is 9.47 Å². The summed E-state index contributed by atoms with van der Waals surface area (Å²) in [5.74, 6) is -2.60. The van der Waals surface area contributed by atoms with Crippen LogP contribution in [0.4, 0.5) is 0 Å². The van der Waals surface area contributed by atoms with Crippen molar-refractivity contribution in [3.8, 4) is 17.2 Å². The van der Waals surface area contributed by atoms with Crippen molar-refractivity contribution in [1.29, 1.82) is 0 Å². The smallest absolute Gasteiger partial charge is 0.330 e. The number of rotatable bonds is 9. The van der Waals surface area contributed by atoms with Gasteiger partial charge in [0.15, 0.2) is 22.8 Å². The van der Waals surface area contributed by atoms with Crippen LogP contribution in [0.5, 0.6) is 17.2 Å². The Bertz CT molecular complexity index is 1750. The third kappa shape index (κ3) is 4.68. The summed E-state index contributed by atoms with van der Waals surface area (Å²) in [4.78, 5) is 40.8. The highest BCUT2D eigenvalue weighted by molar-refractivity contribution is 6.19. The number of ether oxygens (including phenoxy) is 3. The maximum absolute atomic E-state index is 14.7. The first kappa shape index (κ1) is 33.0. The number of aliphatic carboxylic acids is 1. The van der Waals surface area contributed by atoms with Crippen LogP contribution in [0.3, 0.4) is 0 Å². The maximum atomic E-state index is 14.7. The van der Waals surface area contributed by atoms with Gasteiger partial charge in [-0.1, -0.05) is 36.0 Å². The van der Waals surface area contributed by atoms with E-state index < -0.39 is 52.1 Å². The number of carboxylic acids is 1. The fourth-order valence-electron chi connectivity index (χ4n) is 8.19. The minimum absolute atomic E-state index is 0.0111. The number of hydrogen-bond donors (Lipinski definition) is 3. The van der Waals surface area contributed by atoms with Gasteiger partial charge in [0.2, 0.25) is 0 Å². The standard InChI is InChI=1S/C38H44O9/c1-19(2)9-10-24-31-23(12-14-36(8,45-31)15-13-26(39)20(3)4)29(40)28-30(41)25-17-22-18-27-35(6,7)47-37(33(22)42,16-11-21(5)34(43)44)38(25,27)46-32(24)28/h9,11-12,14,17,22,26-27,39-40H,3,10,13,15-16,18H2,1-2,4-8H3,(H,43,44)/b21-11-/t22-,26?,27+,36+,37+,38-/m1/s1. The number of hydrogen-bond acceptors (Lipinski definition) is 8. The van der Waals surface area contributed by atoms with E-state index in [4.69, 9.17) is 14.2 Å². The fourth-order valence-corrected chi connectivity index (χ4v) is 8.19. The van der Waals surface area contributed by atoms with E-state index in [1.54, 1.807) is 19.1 Å². The molecular formula is C38H44O9. The molecule has 4 bridgehead atoms. The number of carbonyl (C=O) groups excluding carboxylic acids is 2. The SMILES string of the molecule is C=C(C)C(O)CC[C@]1(C)C=Cc2c(O)c3c(c(CC=C(C)C)c2O1)O[C@]12C(=C[C@@H]4C[C@H]1C(C)(C)O[C@@]2(C/C=C(/C)C(=O)O)C4=O)C3=O. The molecule has 7 rings (SSSR count). The Labute approximate surface area is 275 Å². The van der Waals surface area contributed by atoms with Crippen LogP contribution in [0, 0.1) is 11.8 Å². The van der Waals surface area contributed by atoms with E-state index in [9.17, 15) is 29.7 Å². The summed E-state index contributed by atoms with van der Waals surface area (Å²) in [6.45, 7) is 16.6. The Kier molecular flexibility index (Phi) is 7.57. The van der Waals surface area contributed by atoms with Crippen LogP contribution in [0.1, 0.15) is 95.6 Å². The van der Waals surface area contributed by atoms with Crippen LogP contribution >= 0.6 is 0 Å². The summed E-state index contributed by atoms with van der Waals surface area (Å²) in [5.41, 5.74) is -2.06. The van der Waals surface area contributed by atoms with Gasteiger partial charge >= 0.3 is 5.97 Å². The van der Waals surface area contributed by atoms with Gasteiger partial charge in [-0.25, -0.2) is 4.79 Å². The van der Waals surface area contributed by atoms with Gasteiger partial charge in [-0.2, -0.15) is 0 Å². The third-order valence-electron chi connectivity index (χ3n) is 10.8. The topological polar surface area (TPSA) is 140 Å². The molecular weight excluding hydrogens is 600 g/mol. The van der Waals surface area contributed by atoms with E-state index in [2.05, 4.69) is 6.58 Å². The molecule has 3 heterocycles. The molecule has 9 nitrogen and oxygen atoms in total. The first-order valence-corrected chi connectivity index (χ1v) is 16.3. The summed E-state index contributed by atoms with van der Waals surface area (Å²) in [5, 5.41) is 31.9. The van der Waals surface area contributed by atoms with Crippen LogP contribution in [0.25, 0.3) is 6.08 Å². The van der Waals surface area contributed by atoms with Gasteiger partial charge in [-0.15, -0.1) is 0 Å². The zero-order valence-corrected chi connectivity index (χ0v) is 28.2. The molecule has 3 aliphatic heterocycles. The average Bonchev–Trinajstić information content (AvgIpc) is 3.15. The second kappa shape index (κ2) is 10.8. The Morgan fingerprint density at radius 2 is 1.81 bits per heavy atom. The van der Waals surface area contributed by atoms with Crippen molar-refractivity contribution in [3.63, 3.8) is 0 Å². The van der Waals surface area contributed by atoms with Gasteiger partial charge in [0.1, 0.15) is 28.4 Å². The van der Waals surface area contributed by atoms with Crippen molar-refractivity contribution in [2.24, 2.45) is 11.8 Å². The van der Waals surface area contributed by atoms with Gasteiger partial charge in [-0.3, -0.25) is 9.59 Å². The van der Waals surface area contributed by atoms with Crippen LogP contribution in [0.2, 0.25) is 0 Å². The quantitative estimate of drug-likeness (QED) is 0.211. The number of carboxylic acid groups (broad SMARTS) is 1. The van der Waals surface area contributed by atoms with Crippen molar-refractivity contribution < 1.29 is 43.9 Å². The third-order valence-corrected chi connectivity index (χ3v) is 10.8. The van der Waals surface area contributed by atoms with Crippen molar-refractivity contribution in [1.82, 2.24) is 0 Å². The highest BCUT2D eigenvalue weighted by atomic mass is 16.6. The zero-order chi connectivity index (χ0) is 34.4. The van der Waals surface area contributed by atoms with E-state index in [1.165, 1.54) is 13.0 Å². The number of phenolic OH excluding ortho intramolecular Hbond substituents is 1. The summed E-state index contributed by atoms with van der Waals surface area (Å²) in [6, 6.07) is 0. The van der Waals surface area contributed by atoms with Crippen molar-refractivity contribution in [2.75, 3.05) is 0 Å². The number of allylic oxidation sites excluding steroid dienone is 3. The van der Waals surface area contributed by atoms with Crippen LogP contribution in [-0.4, -0.2) is 61.4 Å². The van der Waals surface area contributed by atoms with Gasteiger partial charge in [0.25, 0.3) is 0 Å². The second-order valence-electron chi connectivity index (χ2n) is 14.8. The molecule has 3 aliphatic carbocycles. The molecule has 1 saturated heterocycles. The Morgan fingerprint density at radius 1 is 1.11 bits per heavy atom. The molecule has 6 atom stereocenters. The minimum atomic E-state index is -1.66. The van der Waals surface area contributed by atoms with Gasteiger partial charge in [0, 0.05) is 35.0 Å². The lowest BCUT2D eigenvalue weighted by atomic mass is 9.51. The van der Waals surface area contributed by atoms with E-state index in [-0.39, 0.29) is 40.4 Å². The van der Waals surface area contributed by atoms with Crippen LogP contribution in [0.15, 0.2) is 53.2 Å². The molecule has 1 saturated carbocycles. The number of aliphatic hydroxyl groups excluding tert-OH is 1. The molecule has 6 aliphatic rings. The molecule has 47 heavy (non-hydrogen) atoms. The molecule has 0 aromatic heterocycles. The highest BCUT2D eigenvalue weighted by Gasteiger charge is 2.81. The molecule has 1 aromatic carbocycles. The predicted molar refractivity (Wildman–Crippen MR) is 176 cm³/mol. The molecule has 0 radical (unpaired) electrons. The predicted octanol–water partition coefficient (Wildman–Crippen LogP) is 6.21.